The van der Waals surface area contributed by atoms with Crippen molar-refractivity contribution in [1.29, 1.82) is 0 Å². The third kappa shape index (κ3) is 1.10. The van der Waals surface area contributed by atoms with E-state index < -0.39 is 5.97 Å². The van der Waals surface area contributed by atoms with Gasteiger partial charge in [-0.15, -0.1) is 0 Å². The lowest BCUT2D eigenvalue weighted by Gasteiger charge is -1.94. The Kier molecular flexibility index (Phi) is 1.45. The number of hydrogen-bond donors (Lipinski definition) is 2. The predicted octanol–water partition coefficient (Wildman–Crippen LogP) is 0.615. The van der Waals surface area contributed by atoms with E-state index in [9.17, 15) is 4.79 Å². The van der Waals surface area contributed by atoms with Gasteiger partial charge in [0.1, 0.15) is 0 Å². The van der Waals surface area contributed by atoms with Gasteiger partial charge in [-0.05, 0) is 12.1 Å². The molecule has 2 aromatic rings. The van der Waals surface area contributed by atoms with Crippen molar-refractivity contribution in [2.24, 2.45) is 0 Å². The zero-order valence-corrected chi connectivity index (χ0v) is 6.64. The Balaban J connectivity index is 2.75. The molecule has 2 aromatic heterocycles. The van der Waals surface area contributed by atoms with Crippen LogP contribution in [0.4, 0.5) is 5.69 Å². The average molecular weight is 177 g/mol. The van der Waals surface area contributed by atoms with Crippen molar-refractivity contribution < 1.29 is 9.90 Å². The second-order valence-electron chi connectivity index (χ2n) is 2.63. The monoisotopic (exact) mass is 177 g/mol. The topological polar surface area (TPSA) is 80.6 Å². The van der Waals surface area contributed by atoms with Crippen molar-refractivity contribution in [3.63, 3.8) is 0 Å². The zero-order chi connectivity index (χ0) is 9.42. The van der Waals surface area contributed by atoms with Crippen LogP contribution >= 0.6 is 0 Å². The van der Waals surface area contributed by atoms with Gasteiger partial charge in [-0.1, -0.05) is 0 Å². The van der Waals surface area contributed by atoms with Crippen LogP contribution in [0, 0.1) is 0 Å². The molecule has 2 heterocycles. The summed E-state index contributed by atoms with van der Waals surface area (Å²) < 4.78 is 1.44. The van der Waals surface area contributed by atoms with Gasteiger partial charge in [-0.3, -0.25) is 0 Å². The summed E-state index contributed by atoms with van der Waals surface area (Å²) in [6.07, 6.45) is 1.65. The van der Waals surface area contributed by atoms with Gasteiger partial charge in [-0.25, -0.2) is 9.31 Å². The molecule has 0 bridgehead atoms. The van der Waals surface area contributed by atoms with E-state index in [1.807, 2.05) is 0 Å². The van der Waals surface area contributed by atoms with Crippen LogP contribution in [0.2, 0.25) is 0 Å². The van der Waals surface area contributed by atoms with Gasteiger partial charge in [0.05, 0.1) is 11.2 Å². The molecule has 2 rings (SSSR count). The summed E-state index contributed by atoms with van der Waals surface area (Å²) in [4.78, 5) is 10.6. The van der Waals surface area contributed by atoms with Crippen molar-refractivity contribution in [1.82, 2.24) is 9.61 Å². The molecular weight excluding hydrogens is 170 g/mol. The van der Waals surface area contributed by atoms with Crippen LogP contribution in [0.1, 0.15) is 10.5 Å². The standard InChI is InChI=1S/C8H7N3O2/c9-5-2-1-3-11-7(5)4-6(10-11)8(12)13/h1-4H,9H2,(H,12,13). The number of rotatable bonds is 1. The molecule has 0 saturated heterocycles. The second-order valence-corrected chi connectivity index (χ2v) is 2.63. The normalized spacial score (nSPS) is 10.5. The third-order valence-corrected chi connectivity index (χ3v) is 1.75. The van der Waals surface area contributed by atoms with Gasteiger partial charge in [0, 0.05) is 12.3 Å². The van der Waals surface area contributed by atoms with E-state index >= 15 is 0 Å². The molecule has 0 unspecified atom stereocenters. The second kappa shape index (κ2) is 2.48. The summed E-state index contributed by atoms with van der Waals surface area (Å²) in [7, 11) is 0. The van der Waals surface area contributed by atoms with Crippen LogP contribution in [0.3, 0.4) is 0 Å². The molecule has 0 saturated carbocycles. The fourth-order valence-corrected chi connectivity index (χ4v) is 1.14. The molecule has 0 amide bonds. The van der Waals surface area contributed by atoms with Crippen molar-refractivity contribution in [3.05, 3.63) is 30.1 Å². The highest BCUT2D eigenvalue weighted by molar-refractivity contribution is 5.88. The summed E-state index contributed by atoms with van der Waals surface area (Å²) in [6.45, 7) is 0. The maximum absolute atomic E-state index is 10.6. The maximum Gasteiger partial charge on any atom is 0.356 e. The lowest BCUT2D eigenvalue weighted by Crippen LogP contribution is -1.97. The summed E-state index contributed by atoms with van der Waals surface area (Å²) >= 11 is 0. The van der Waals surface area contributed by atoms with E-state index in [0.717, 1.165) is 0 Å². The van der Waals surface area contributed by atoms with E-state index in [-0.39, 0.29) is 5.69 Å². The summed E-state index contributed by atoms with van der Waals surface area (Å²) in [5.74, 6) is -1.05. The molecule has 3 N–H and O–H groups in total. The Morgan fingerprint density at radius 1 is 1.62 bits per heavy atom. The Labute approximate surface area is 73.4 Å². The minimum atomic E-state index is -1.05. The minimum Gasteiger partial charge on any atom is -0.476 e. The Bertz CT molecular complexity index is 475. The highest BCUT2D eigenvalue weighted by Crippen LogP contribution is 2.13. The van der Waals surface area contributed by atoms with Crippen LogP contribution in [0.25, 0.3) is 5.52 Å². The van der Waals surface area contributed by atoms with E-state index in [1.54, 1.807) is 18.3 Å². The number of carboxylic acids is 1. The van der Waals surface area contributed by atoms with E-state index in [0.29, 0.717) is 11.2 Å². The number of fused-ring (bicyclic) bond motifs is 1. The lowest BCUT2D eigenvalue weighted by atomic mass is 10.3. The number of aromatic nitrogens is 2. The molecule has 0 aliphatic heterocycles. The van der Waals surface area contributed by atoms with Crippen molar-refractivity contribution in [2.75, 3.05) is 5.73 Å². The number of pyridine rings is 1. The van der Waals surface area contributed by atoms with Gasteiger partial charge >= 0.3 is 5.97 Å². The molecule has 66 valence electrons. The van der Waals surface area contributed by atoms with Gasteiger partial charge in [0.25, 0.3) is 0 Å². The largest absolute Gasteiger partial charge is 0.476 e. The van der Waals surface area contributed by atoms with E-state index in [4.69, 9.17) is 10.8 Å². The molecule has 0 fully saturated rings. The first-order valence-electron chi connectivity index (χ1n) is 3.65. The highest BCUT2D eigenvalue weighted by Gasteiger charge is 2.09. The SMILES string of the molecule is Nc1cccn2nc(C(=O)O)cc12. The van der Waals surface area contributed by atoms with Crippen LogP contribution in [-0.4, -0.2) is 20.7 Å². The first kappa shape index (κ1) is 7.60. The molecule has 0 atom stereocenters. The summed E-state index contributed by atoms with van der Waals surface area (Å²) in [5, 5.41) is 12.5. The van der Waals surface area contributed by atoms with Crippen molar-refractivity contribution in [3.8, 4) is 0 Å². The molecule has 0 spiro atoms. The smallest absolute Gasteiger partial charge is 0.356 e. The molecule has 13 heavy (non-hydrogen) atoms. The summed E-state index contributed by atoms with van der Waals surface area (Å²) in [5.41, 5.74) is 6.74. The zero-order valence-electron chi connectivity index (χ0n) is 6.64. The Hall–Kier alpha value is -2.04. The molecule has 0 radical (unpaired) electrons. The van der Waals surface area contributed by atoms with Gasteiger partial charge in [0.2, 0.25) is 0 Å². The van der Waals surface area contributed by atoms with Gasteiger partial charge in [0.15, 0.2) is 5.69 Å². The number of aromatic carboxylic acids is 1. The first-order chi connectivity index (χ1) is 6.18. The maximum atomic E-state index is 10.6. The number of hydrogen-bond acceptors (Lipinski definition) is 3. The molecule has 5 nitrogen and oxygen atoms in total. The highest BCUT2D eigenvalue weighted by atomic mass is 16.4. The Morgan fingerprint density at radius 2 is 2.38 bits per heavy atom. The molecule has 0 aromatic carbocycles. The first-order valence-corrected chi connectivity index (χ1v) is 3.65. The predicted molar refractivity (Wildman–Crippen MR) is 46.6 cm³/mol. The van der Waals surface area contributed by atoms with E-state index in [2.05, 4.69) is 5.10 Å². The van der Waals surface area contributed by atoms with Crippen LogP contribution in [-0.2, 0) is 0 Å². The molecule has 0 aliphatic carbocycles. The van der Waals surface area contributed by atoms with Crippen LogP contribution in [0.5, 0.6) is 0 Å². The fourth-order valence-electron chi connectivity index (χ4n) is 1.14. The Morgan fingerprint density at radius 3 is 3.00 bits per heavy atom. The lowest BCUT2D eigenvalue weighted by molar-refractivity contribution is 0.0690. The van der Waals surface area contributed by atoms with Gasteiger partial charge < -0.3 is 10.8 Å². The van der Waals surface area contributed by atoms with E-state index in [1.165, 1.54) is 10.6 Å². The van der Waals surface area contributed by atoms with Crippen molar-refractivity contribution in [2.45, 2.75) is 0 Å². The number of nitrogens with two attached hydrogens (primary N) is 1. The number of nitrogen functional groups attached to an aromatic ring is 1. The average Bonchev–Trinajstić information content (AvgIpc) is 2.49. The van der Waals surface area contributed by atoms with Crippen LogP contribution < -0.4 is 5.73 Å². The number of anilines is 1. The molecular formula is C8H7N3O2. The van der Waals surface area contributed by atoms with Gasteiger partial charge in [-0.2, -0.15) is 5.10 Å². The van der Waals surface area contributed by atoms with Crippen molar-refractivity contribution >= 4 is 17.2 Å². The summed E-state index contributed by atoms with van der Waals surface area (Å²) in [6, 6.07) is 4.85. The number of carbonyl (C=O) groups is 1. The third-order valence-electron chi connectivity index (χ3n) is 1.75. The van der Waals surface area contributed by atoms with Crippen LogP contribution in [0.15, 0.2) is 24.4 Å². The quantitative estimate of drug-likeness (QED) is 0.668. The fraction of sp³-hybridized carbons (Fsp3) is 0. The molecule has 5 heteroatoms. The molecule has 0 aliphatic rings. The number of carboxylic acid groups (broad SMARTS) is 1. The number of nitrogens with zero attached hydrogens (tertiary/aromatic N) is 2. The minimum absolute atomic E-state index is 0.00194.